The summed E-state index contributed by atoms with van der Waals surface area (Å²) in [4.78, 5) is 9.66. The van der Waals surface area contributed by atoms with Crippen LogP contribution in [0, 0.1) is 0 Å². The Morgan fingerprint density at radius 2 is 1.84 bits per heavy atom. The number of piperazine rings is 1. The molecule has 1 aromatic carbocycles. The molecule has 134 valence electrons. The molecule has 2 heterocycles. The van der Waals surface area contributed by atoms with Crippen LogP contribution in [0.15, 0.2) is 30.6 Å². The smallest absolute Gasteiger partial charge is 0.419 e. The van der Waals surface area contributed by atoms with Crippen LogP contribution < -0.4 is 20.3 Å². The lowest BCUT2D eigenvalue weighted by Crippen LogP contribution is -2.43. The molecule has 0 bridgehead atoms. The topological polar surface area (TPSA) is 62.3 Å². The minimum absolute atomic E-state index is 0.0706. The van der Waals surface area contributed by atoms with Crippen molar-refractivity contribution < 1.29 is 17.9 Å². The van der Waals surface area contributed by atoms with E-state index in [-0.39, 0.29) is 5.95 Å². The van der Waals surface area contributed by atoms with Crippen LogP contribution in [0.2, 0.25) is 0 Å². The van der Waals surface area contributed by atoms with Crippen molar-refractivity contribution in [3.63, 3.8) is 0 Å². The Morgan fingerprint density at radius 1 is 1.16 bits per heavy atom. The van der Waals surface area contributed by atoms with Gasteiger partial charge in [-0.1, -0.05) is 0 Å². The lowest BCUT2D eigenvalue weighted by atomic mass is 10.2. The molecular weight excluding hydrogens is 335 g/mol. The normalized spacial score (nSPS) is 15.1. The van der Waals surface area contributed by atoms with E-state index in [0.29, 0.717) is 11.4 Å². The van der Waals surface area contributed by atoms with Crippen molar-refractivity contribution in [3.8, 4) is 5.75 Å². The van der Waals surface area contributed by atoms with Gasteiger partial charge in [-0.3, -0.25) is 0 Å². The van der Waals surface area contributed by atoms with Crippen LogP contribution in [0.3, 0.4) is 0 Å². The summed E-state index contributed by atoms with van der Waals surface area (Å²) in [7, 11) is 1.54. The van der Waals surface area contributed by atoms with E-state index in [1.807, 2.05) is 12.1 Å². The molecule has 0 amide bonds. The van der Waals surface area contributed by atoms with Crippen LogP contribution in [-0.4, -0.2) is 43.3 Å². The van der Waals surface area contributed by atoms with Crippen molar-refractivity contribution in [2.24, 2.45) is 0 Å². The van der Waals surface area contributed by atoms with Crippen molar-refractivity contribution in [2.45, 2.75) is 6.18 Å². The number of anilines is 3. The average molecular weight is 353 g/mol. The van der Waals surface area contributed by atoms with Crippen LogP contribution in [0.4, 0.5) is 30.5 Å². The molecule has 3 rings (SSSR count). The Kier molecular flexibility index (Phi) is 4.93. The molecule has 1 aromatic heterocycles. The summed E-state index contributed by atoms with van der Waals surface area (Å²) >= 11 is 0. The fraction of sp³-hybridized carbons (Fsp3) is 0.375. The van der Waals surface area contributed by atoms with Crippen molar-refractivity contribution >= 4 is 17.3 Å². The number of methoxy groups -OCH3 is 1. The molecule has 25 heavy (non-hydrogen) atoms. The highest BCUT2D eigenvalue weighted by Gasteiger charge is 2.31. The van der Waals surface area contributed by atoms with E-state index in [1.54, 1.807) is 6.07 Å². The molecule has 6 nitrogen and oxygen atoms in total. The Hall–Kier alpha value is -2.55. The van der Waals surface area contributed by atoms with Gasteiger partial charge in [0.1, 0.15) is 5.75 Å². The second-order valence-electron chi connectivity index (χ2n) is 5.54. The van der Waals surface area contributed by atoms with Crippen molar-refractivity contribution in [2.75, 3.05) is 43.5 Å². The van der Waals surface area contributed by atoms with Gasteiger partial charge in [-0.05, 0) is 12.1 Å². The zero-order valence-corrected chi connectivity index (χ0v) is 13.6. The van der Waals surface area contributed by atoms with E-state index >= 15 is 0 Å². The number of rotatable bonds is 4. The Morgan fingerprint density at radius 3 is 2.44 bits per heavy atom. The lowest BCUT2D eigenvalue weighted by Gasteiger charge is -2.30. The first-order valence-corrected chi connectivity index (χ1v) is 7.77. The molecule has 1 fully saturated rings. The Balaban J connectivity index is 1.77. The molecule has 1 saturated heterocycles. The fourth-order valence-electron chi connectivity index (χ4n) is 2.56. The minimum atomic E-state index is -4.46. The predicted molar refractivity (Wildman–Crippen MR) is 88.4 cm³/mol. The predicted octanol–water partition coefficient (Wildman–Crippen LogP) is 2.66. The molecule has 0 spiro atoms. The fourth-order valence-corrected chi connectivity index (χ4v) is 2.56. The van der Waals surface area contributed by atoms with E-state index in [4.69, 9.17) is 4.74 Å². The third kappa shape index (κ3) is 4.11. The Labute approximate surface area is 143 Å². The van der Waals surface area contributed by atoms with Crippen molar-refractivity contribution in [1.29, 1.82) is 0 Å². The van der Waals surface area contributed by atoms with E-state index in [9.17, 15) is 13.2 Å². The number of aromatic nitrogens is 2. The number of nitrogens with zero attached hydrogens (tertiary/aromatic N) is 3. The summed E-state index contributed by atoms with van der Waals surface area (Å²) in [5.74, 6) is 0.640. The SMILES string of the molecule is COc1cc(N2CCNCC2)ccc1Nc1ncc(C(F)(F)F)cn1. The highest BCUT2D eigenvalue weighted by Crippen LogP contribution is 2.32. The number of hydrogen-bond acceptors (Lipinski definition) is 6. The number of nitrogens with one attached hydrogen (secondary N) is 2. The molecule has 0 unspecified atom stereocenters. The van der Waals surface area contributed by atoms with Crippen molar-refractivity contribution in [1.82, 2.24) is 15.3 Å². The van der Waals surface area contributed by atoms with E-state index in [1.165, 1.54) is 7.11 Å². The first-order chi connectivity index (χ1) is 12.0. The lowest BCUT2D eigenvalue weighted by molar-refractivity contribution is -0.138. The number of ether oxygens (including phenoxy) is 1. The summed E-state index contributed by atoms with van der Waals surface area (Å²) in [6, 6.07) is 5.62. The van der Waals surface area contributed by atoms with Gasteiger partial charge in [0.25, 0.3) is 0 Å². The van der Waals surface area contributed by atoms with Crippen LogP contribution in [0.5, 0.6) is 5.75 Å². The monoisotopic (exact) mass is 353 g/mol. The number of benzene rings is 1. The van der Waals surface area contributed by atoms with Gasteiger partial charge >= 0.3 is 6.18 Å². The summed E-state index contributed by atoms with van der Waals surface area (Å²) < 4.78 is 43.1. The third-order valence-corrected chi connectivity index (χ3v) is 3.89. The standard InChI is InChI=1S/C16H18F3N5O/c1-25-14-8-12(24-6-4-20-5-7-24)2-3-13(14)23-15-21-9-11(10-22-15)16(17,18)19/h2-3,8-10,20H,4-7H2,1H3,(H,21,22,23). The van der Waals surface area contributed by atoms with Crippen LogP contribution in [0.25, 0.3) is 0 Å². The second kappa shape index (κ2) is 7.14. The van der Waals surface area contributed by atoms with Gasteiger partial charge in [-0.25, -0.2) is 9.97 Å². The molecular formula is C16H18F3N5O. The van der Waals surface area contributed by atoms with Crippen LogP contribution in [0.1, 0.15) is 5.56 Å². The maximum absolute atomic E-state index is 12.6. The molecule has 0 saturated carbocycles. The molecule has 2 aromatic rings. The van der Waals surface area contributed by atoms with Crippen LogP contribution in [-0.2, 0) is 6.18 Å². The second-order valence-corrected chi connectivity index (χ2v) is 5.54. The first-order valence-electron chi connectivity index (χ1n) is 7.77. The molecule has 9 heteroatoms. The Bertz CT molecular complexity index is 715. The van der Waals surface area contributed by atoms with Gasteiger partial charge in [0.15, 0.2) is 0 Å². The summed E-state index contributed by atoms with van der Waals surface area (Å²) in [6.07, 6.45) is -2.96. The summed E-state index contributed by atoms with van der Waals surface area (Å²) in [6.45, 7) is 3.64. The third-order valence-electron chi connectivity index (χ3n) is 3.89. The molecule has 0 atom stereocenters. The van der Waals surface area contributed by atoms with Gasteiger partial charge in [0.2, 0.25) is 5.95 Å². The largest absolute Gasteiger partial charge is 0.494 e. The number of halogens is 3. The van der Waals surface area contributed by atoms with Gasteiger partial charge in [0.05, 0.1) is 18.4 Å². The summed E-state index contributed by atoms with van der Waals surface area (Å²) in [5.41, 5.74) is 0.720. The maximum atomic E-state index is 12.6. The zero-order chi connectivity index (χ0) is 17.9. The summed E-state index contributed by atoms with van der Waals surface area (Å²) in [5, 5.41) is 6.18. The van der Waals surface area contributed by atoms with Gasteiger partial charge in [0, 0.05) is 50.3 Å². The minimum Gasteiger partial charge on any atom is -0.494 e. The highest BCUT2D eigenvalue weighted by molar-refractivity contribution is 5.68. The number of alkyl halides is 3. The average Bonchev–Trinajstić information content (AvgIpc) is 2.62. The van der Waals surface area contributed by atoms with Gasteiger partial charge in [-0.2, -0.15) is 13.2 Å². The van der Waals surface area contributed by atoms with E-state index in [0.717, 1.165) is 44.3 Å². The van der Waals surface area contributed by atoms with E-state index < -0.39 is 11.7 Å². The van der Waals surface area contributed by atoms with Gasteiger partial charge < -0.3 is 20.3 Å². The molecule has 0 radical (unpaired) electrons. The molecule has 1 aliphatic rings. The van der Waals surface area contributed by atoms with Crippen LogP contribution >= 0.6 is 0 Å². The van der Waals surface area contributed by atoms with Gasteiger partial charge in [-0.15, -0.1) is 0 Å². The maximum Gasteiger partial charge on any atom is 0.419 e. The molecule has 2 N–H and O–H groups in total. The van der Waals surface area contributed by atoms with Crippen molar-refractivity contribution in [3.05, 3.63) is 36.2 Å². The number of hydrogen-bond donors (Lipinski definition) is 2. The molecule has 1 aliphatic heterocycles. The highest BCUT2D eigenvalue weighted by atomic mass is 19.4. The first kappa shape index (κ1) is 17.3. The zero-order valence-electron chi connectivity index (χ0n) is 13.6. The quantitative estimate of drug-likeness (QED) is 0.881. The molecule has 0 aliphatic carbocycles. The van der Waals surface area contributed by atoms with E-state index in [2.05, 4.69) is 25.5 Å².